The minimum Gasteiger partial charge on any atom is -0.378 e. The fourth-order valence-electron chi connectivity index (χ4n) is 3.81. The quantitative estimate of drug-likeness (QED) is 0.415. The van der Waals surface area contributed by atoms with Crippen molar-refractivity contribution in [3.8, 4) is 0 Å². The van der Waals surface area contributed by atoms with Gasteiger partial charge in [-0.1, -0.05) is 19.3 Å². The molecule has 3 rings (SSSR count). The molecule has 0 spiro atoms. The van der Waals surface area contributed by atoms with E-state index in [2.05, 4.69) is 32.0 Å². The van der Waals surface area contributed by atoms with Crippen LogP contribution < -0.4 is 10.6 Å². The van der Waals surface area contributed by atoms with Crippen LogP contribution in [-0.2, 0) is 17.7 Å². The van der Waals surface area contributed by atoms with Crippen molar-refractivity contribution in [1.82, 2.24) is 15.5 Å². The van der Waals surface area contributed by atoms with Crippen molar-refractivity contribution in [2.45, 2.75) is 57.6 Å². The second-order valence-corrected chi connectivity index (χ2v) is 8.31. The first-order chi connectivity index (χ1) is 12.8. The molecule has 2 N–H and O–H groups in total. The monoisotopic (exact) mass is 378 g/mol. The maximum atomic E-state index is 5.97. The van der Waals surface area contributed by atoms with Crippen LogP contribution in [0, 0.1) is 0 Å². The lowest BCUT2D eigenvalue weighted by Crippen LogP contribution is -2.42. The van der Waals surface area contributed by atoms with Crippen LogP contribution in [0.2, 0.25) is 0 Å². The highest BCUT2D eigenvalue weighted by Crippen LogP contribution is 2.23. The van der Waals surface area contributed by atoms with E-state index < -0.39 is 0 Å². The summed E-state index contributed by atoms with van der Waals surface area (Å²) in [6.07, 6.45) is 9.30. The summed E-state index contributed by atoms with van der Waals surface area (Å²) in [4.78, 5) is 8.42. The number of guanidine groups is 1. The summed E-state index contributed by atoms with van der Waals surface area (Å²) in [6, 6.07) is 2.27. The van der Waals surface area contributed by atoms with Crippen LogP contribution in [0.5, 0.6) is 0 Å². The smallest absolute Gasteiger partial charge is 0.191 e. The van der Waals surface area contributed by atoms with Gasteiger partial charge in [-0.2, -0.15) is 0 Å². The Balaban J connectivity index is 1.23. The van der Waals surface area contributed by atoms with E-state index in [0.717, 1.165) is 45.2 Å². The zero-order chi connectivity index (χ0) is 18.0. The molecule has 0 atom stereocenters. The van der Waals surface area contributed by atoms with Gasteiger partial charge in [0.15, 0.2) is 5.96 Å². The summed E-state index contributed by atoms with van der Waals surface area (Å²) >= 11 is 1.90. The van der Waals surface area contributed by atoms with Gasteiger partial charge in [0.05, 0.1) is 6.10 Å². The lowest BCUT2D eigenvalue weighted by atomic mass is 9.98. The van der Waals surface area contributed by atoms with Crippen molar-refractivity contribution >= 4 is 17.3 Å². The molecule has 1 saturated carbocycles. The second-order valence-electron chi connectivity index (χ2n) is 7.31. The number of fused-ring (bicyclic) bond motifs is 1. The number of hydrogen-bond donors (Lipinski definition) is 2. The third-order valence-electron chi connectivity index (χ3n) is 5.35. The zero-order valence-electron chi connectivity index (χ0n) is 16.1. The third kappa shape index (κ3) is 6.25. The lowest BCUT2D eigenvalue weighted by Gasteiger charge is -2.27. The molecule has 1 fully saturated rings. The van der Waals surface area contributed by atoms with Gasteiger partial charge < -0.3 is 15.4 Å². The minimum atomic E-state index is 0.509. The topological polar surface area (TPSA) is 48.9 Å². The van der Waals surface area contributed by atoms with Gasteiger partial charge in [-0.15, -0.1) is 11.3 Å². The number of aliphatic imine (C=N–C) groups is 1. The number of nitrogens with zero attached hydrogens (tertiary/aromatic N) is 2. The Bertz CT molecular complexity index is 554. The molecule has 2 aliphatic rings. The number of hydrogen-bond acceptors (Lipinski definition) is 4. The molecule has 0 radical (unpaired) electrons. The summed E-state index contributed by atoms with van der Waals surface area (Å²) < 4.78 is 5.97. The van der Waals surface area contributed by atoms with Crippen molar-refractivity contribution in [2.24, 2.45) is 4.99 Å². The Morgan fingerprint density at radius 3 is 2.96 bits per heavy atom. The maximum absolute atomic E-state index is 5.97. The average molecular weight is 379 g/mol. The van der Waals surface area contributed by atoms with E-state index in [9.17, 15) is 0 Å². The van der Waals surface area contributed by atoms with Crippen LogP contribution in [0.1, 0.15) is 49.0 Å². The van der Waals surface area contributed by atoms with Crippen LogP contribution in [0.15, 0.2) is 16.4 Å². The van der Waals surface area contributed by atoms with E-state index >= 15 is 0 Å². The predicted octanol–water partition coefficient (Wildman–Crippen LogP) is 3.01. The number of rotatable bonds is 8. The average Bonchev–Trinajstić information content (AvgIpc) is 3.15. The van der Waals surface area contributed by atoms with E-state index in [-0.39, 0.29) is 0 Å². The van der Waals surface area contributed by atoms with Crippen molar-refractivity contribution < 1.29 is 4.74 Å². The van der Waals surface area contributed by atoms with E-state index in [1.807, 2.05) is 18.4 Å². The van der Waals surface area contributed by atoms with Crippen LogP contribution in [0.3, 0.4) is 0 Å². The molecule has 1 aromatic heterocycles. The third-order valence-corrected chi connectivity index (χ3v) is 6.37. The van der Waals surface area contributed by atoms with Crippen molar-refractivity contribution in [1.29, 1.82) is 0 Å². The molecule has 0 unspecified atom stereocenters. The molecule has 6 heteroatoms. The Morgan fingerprint density at radius 1 is 1.27 bits per heavy atom. The summed E-state index contributed by atoms with van der Waals surface area (Å²) in [7, 11) is 1.84. The molecule has 1 aliphatic heterocycles. The van der Waals surface area contributed by atoms with Crippen molar-refractivity contribution in [3.63, 3.8) is 0 Å². The van der Waals surface area contributed by atoms with Gasteiger partial charge in [-0.25, -0.2) is 0 Å². The molecule has 26 heavy (non-hydrogen) atoms. The molecule has 0 saturated heterocycles. The first-order valence-corrected chi connectivity index (χ1v) is 11.1. The maximum Gasteiger partial charge on any atom is 0.191 e. The first kappa shape index (κ1) is 19.6. The molecule has 1 aromatic rings. The Labute approximate surface area is 162 Å². The van der Waals surface area contributed by atoms with E-state index in [1.54, 1.807) is 4.88 Å². The molecule has 0 amide bonds. The number of nitrogens with one attached hydrogen (secondary N) is 2. The summed E-state index contributed by atoms with van der Waals surface area (Å²) in [5.74, 6) is 0.899. The van der Waals surface area contributed by atoms with Gasteiger partial charge in [0.2, 0.25) is 0 Å². The Hall–Kier alpha value is -1.11. The van der Waals surface area contributed by atoms with E-state index in [0.29, 0.717) is 6.10 Å². The fourth-order valence-corrected chi connectivity index (χ4v) is 4.70. The second kappa shape index (κ2) is 10.9. The van der Waals surface area contributed by atoms with Crippen LogP contribution in [-0.4, -0.2) is 56.8 Å². The fraction of sp³-hybridized carbons (Fsp3) is 0.750. The van der Waals surface area contributed by atoms with E-state index in [1.165, 1.54) is 50.6 Å². The van der Waals surface area contributed by atoms with Gasteiger partial charge in [0, 0.05) is 51.3 Å². The van der Waals surface area contributed by atoms with Crippen LogP contribution in [0.25, 0.3) is 0 Å². The molecular formula is C20H34N4OS. The molecular weight excluding hydrogens is 344 g/mol. The summed E-state index contributed by atoms with van der Waals surface area (Å²) in [5, 5.41) is 9.05. The van der Waals surface area contributed by atoms with Gasteiger partial charge in [0.25, 0.3) is 0 Å². The standard InChI is InChI=1S/C20H34N4OS/c1-21-20(22-10-5-14-25-18-6-3-2-4-7-18)23-11-13-24-12-8-19-17(16-24)9-15-26-19/h9,15,18H,2-8,10-14,16H2,1H3,(H2,21,22,23). The largest absolute Gasteiger partial charge is 0.378 e. The summed E-state index contributed by atoms with van der Waals surface area (Å²) in [5.41, 5.74) is 1.52. The highest BCUT2D eigenvalue weighted by atomic mass is 32.1. The lowest BCUT2D eigenvalue weighted by molar-refractivity contribution is 0.0277. The number of ether oxygens (including phenoxy) is 1. The summed E-state index contributed by atoms with van der Waals surface area (Å²) in [6.45, 7) is 6.00. The molecule has 2 heterocycles. The Kier molecular flexibility index (Phi) is 8.24. The highest BCUT2D eigenvalue weighted by Gasteiger charge is 2.16. The van der Waals surface area contributed by atoms with Crippen molar-refractivity contribution in [2.75, 3.05) is 39.8 Å². The Morgan fingerprint density at radius 2 is 2.12 bits per heavy atom. The molecule has 146 valence electrons. The normalized spacial score (nSPS) is 19.3. The van der Waals surface area contributed by atoms with Gasteiger partial charge in [-0.05, 0) is 42.7 Å². The SMILES string of the molecule is CN=C(NCCCOC1CCCCC1)NCCN1CCc2sccc2C1. The van der Waals surface area contributed by atoms with E-state index in [4.69, 9.17) is 4.74 Å². The number of thiophene rings is 1. The molecule has 1 aliphatic carbocycles. The van der Waals surface area contributed by atoms with Crippen LogP contribution >= 0.6 is 11.3 Å². The first-order valence-electron chi connectivity index (χ1n) is 10.2. The highest BCUT2D eigenvalue weighted by molar-refractivity contribution is 7.10. The van der Waals surface area contributed by atoms with Gasteiger partial charge in [0.1, 0.15) is 0 Å². The molecule has 5 nitrogen and oxygen atoms in total. The molecule has 0 bridgehead atoms. The van der Waals surface area contributed by atoms with Crippen molar-refractivity contribution in [3.05, 3.63) is 21.9 Å². The zero-order valence-corrected chi connectivity index (χ0v) is 17.0. The minimum absolute atomic E-state index is 0.509. The molecule has 0 aromatic carbocycles. The van der Waals surface area contributed by atoms with Crippen LogP contribution in [0.4, 0.5) is 0 Å². The predicted molar refractivity (Wildman–Crippen MR) is 110 cm³/mol. The van der Waals surface area contributed by atoms with Gasteiger partial charge >= 0.3 is 0 Å². The van der Waals surface area contributed by atoms with Gasteiger partial charge in [-0.3, -0.25) is 9.89 Å².